The summed E-state index contributed by atoms with van der Waals surface area (Å²) >= 11 is 1.42. The highest BCUT2D eigenvalue weighted by Crippen LogP contribution is 2.29. The Morgan fingerprint density at radius 3 is 2.75 bits per heavy atom. The first-order valence-corrected chi connectivity index (χ1v) is 8.73. The number of hydrogen-bond donors (Lipinski definition) is 1. The fourth-order valence-electron chi connectivity index (χ4n) is 2.65. The number of fused-ring (bicyclic) bond motifs is 1. The first-order chi connectivity index (χ1) is 11.5. The molecule has 1 N–H and O–H groups in total. The molecule has 3 aromatic heterocycles. The second-order valence-corrected chi connectivity index (χ2v) is 6.68. The smallest absolute Gasteiger partial charge is 0.258 e. The fraction of sp³-hybridized carbons (Fsp3) is 0.438. The average Bonchev–Trinajstić information content (AvgIpc) is 3.15. The van der Waals surface area contributed by atoms with Crippen LogP contribution >= 0.6 is 11.3 Å². The summed E-state index contributed by atoms with van der Waals surface area (Å²) < 4.78 is 5.17. The molecule has 0 unspecified atom stereocenters. The van der Waals surface area contributed by atoms with Gasteiger partial charge in [-0.05, 0) is 32.8 Å². The third-order valence-electron chi connectivity index (χ3n) is 3.99. The maximum atomic E-state index is 12.7. The van der Waals surface area contributed by atoms with Crippen LogP contribution in [0.25, 0.3) is 11.1 Å². The molecule has 0 saturated carbocycles. The van der Waals surface area contributed by atoms with Crippen molar-refractivity contribution in [2.24, 2.45) is 0 Å². The van der Waals surface area contributed by atoms with Crippen LogP contribution in [0.15, 0.2) is 10.6 Å². The fourth-order valence-corrected chi connectivity index (χ4v) is 3.65. The minimum Gasteiger partial charge on any atom is -0.336 e. The van der Waals surface area contributed by atoms with Gasteiger partial charge in [-0.1, -0.05) is 30.3 Å². The summed E-state index contributed by atoms with van der Waals surface area (Å²) in [5, 5.41) is 17.1. The van der Waals surface area contributed by atoms with Gasteiger partial charge in [-0.2, -0.15) is 0 Å². The second-order valence-electron chi connectivity index (χ2n) is 5.67. The number of hydrogen-bond acceptors (Lipinski definition) is 7. The van der Waals surface area contributed by atoms with E-state index in [4.69, 9.17) is 4.52 Å². The molecule has 0 saturated heterocycles. The Balaban J connectivity index is 1.89. The molecule has 3 rings (SSSR count). The van der Waals surface area contributed by atoms with Crippen molar-refractivity contribution < 1.29 is 9.32 Å². The summed E-state index contributed by atoms with van der Waals surface area (Å²) in [7, 11) is 0. The molecule has 0 aromatic carbocycles. The summed E-state index contributed by atoms with van der Waals surface area (Å²) in [5.41, 5.74) is 2.18. The van der Waals surface area contributed by atoms with Gasteiger partial charge in [-0.3, -0.25) is 10.1 Å². The molecule has 7 nitrogen and oxygen atoms in total. The lowest BCUT2D eigenvalue weighted by molar-refractivity contribution is 0.102. The SMILES string of the molecule is CCC(CC)c1nnc(NC(=O)c2cc(C)nc3onc(C)c23)s1. The molecule has 0 aliphatic carbocycles. The van der Waals surface area contributed by atoms with Crippen LogP contribution in [-0.4, -0.2) is 26.2 Å². The first-order valence-electron chi connectivity index (χ1n) is 7.91. The monoisotopic (exact) mass is 345 g/mol. The zero-order valence-corrected chi connectivity index (χ0v) is 14.9. The van der Waals surface area contributed by atoms with Crippen LogP contribution in [-0.2, 0) is 0 Å². The number of nitrogens with one attached hydrogen (secondary N) is 1. The molecule has 0 aliphatic heterocycles. The molecule has 0 radical (unpaired) electrons. The lowest BCUT2D eigenvalue weighted by Gasteiger charge is -2.06. The van der Waals surface area contributed by atoms with Gasteiger partial charge in [0.25, 0.3) is 11.6 Å². The van der Waals surface area contributed by atoms with Crippen LogP contribution in [0, 0.1) is 13.8 Å². The van der Waals surface area contributed by atoms with E-state index in [1.165, 1.54) is 11.3 Å². The molecule has 126 valence electrons. The van der Waals surface area contributed by atoms with E-state index in [1.54, 1.807) is 13.0 Å². The Hall–Kier alpha value is -2.35. The van der Waals surface area contributed by atoms with Gasteiger partial charge in [-0.25, -0.2) is 4.98 Å². The maximum Gasteiger partial charge on any atom is 0.258 e. The Kier molecular flexibility index (Phi) is 4.57. The zero-order chi connectivity index (χ0) is 17.3. The number of anilines is 1. The molecule has 3 aromatic rings. The Bertz CT molecular complexity index is 882. The third-order valence-corrected chi connectivity index (χ3v) is 4.99. The van der Waals surface area contributed by atoms with Crippen molar-refractivity contribution in [2.75, 3.05) is 5.32 Å². The number of nitrogens with zero attached hydrogens (tertiary/aromatic N) is 4. The van der Waals surface area contributed by atoms with E-state index in [-0.39, 0.29) is 5.91 Å². The van der Waals surface area contributed by atoms with Gasteiger partial charge in [-0.15, -0.1) is 10.2 Å². The van der Waals surface area contributed by atoms with E-state index in [0.29, 0.717) is 39.1 Å². The summed E-state index contributed by atoms with van der Waals surface area (Å²) in [5.74, 6) is 0.118. The predicted octanol–water partition coefficient (Wildman–Crippen LogP) is 3.85. The normalized spacial score (nSPS) is 11.4. The molecule has 0 bridgehead atoms. The average molecular weight is 345 g/mol. The van der Waals surface area contributed by atoms with Crippen molar-refractivity contribution in [1.29, 1.82) is 0 Å². The molecule has 0 spiro atoms. The van der Waals surface area contributed by atoms with Crippen molar-refractivity contribution >= 4 is 33.5 Å². The van der Waals surface area contributed by atoms with Crippen LogP contribution in [0.3, 0.4) is 0 Å². The van der Waals surface area contributed by atoms with Crippen molar-refractivity contribution in [2.45, 2.75) is 46.5 Å². The number of rotatable bonds is 5. The van der Waals surface area contributed by atoms with E-state index in [2.05, 4.69) is 39.5 Å². The van der Waals surface area contributed by atoms with Crippen LogP contribution in [0.4, 0.5) is 5.13 Å². The van der Waals surface area contributed by atoms with Crippen LogP contribution in [0.5, 0.6) is 0 Å². The van der Waals surface area contributed by atoms with Gasteiger partial charge in [0.05, 0.1) is 16.6 Å². The van der Waals surface area contributed by atoms with Crippen molar-refractivity contribution in [3.05, 3.63) is 28.0 Å². The first kappa shape index (κ1) is 16.5. The van der Waals surface area contributed by atoms with E-state index in [0.717, 1.165) is 17.8 Å². The standard InChI is InChI=1S/C16H19N5O2S/c1-5-10(6-2)15-19-20-16(24-15)18-13(22)11-7-8(3)17-14-12(11)9(4)21-23-14/h7,10H,5-6H2,1-4H3,(H,18,20,22). The number of amides is 1. The van der Waals surface area contributed by atoms with Gasteiger partial charge in [0.1, 0.15) is 5.01 Å². The maximum absolute atomic E-state index is 12.7. The summed E-state index contributed by atoms with van der Waals surface area (Å²) in [6, 6.07) is 1.73. The van der Waals surface area contributed by atoms with Crippen LogP contribution in [0.2, 0.25) is 0 Å². The Morgan fingerprint density at radius 1 is 1.29 bits per heavy atom. The van der Waals surface area contributed by atoms with Gasteiger partial charge < -0.3 is 4.52 Å². The van der Waals surface area contributed by atoms with Gasteiger partial charge in [0, 0.05) is 11.6 Å². The summed E-state index contributed by atoms with van der Waals surface area (Å²) in [6.45, 7) is 7.85. The van der Waals surface area contributed by atoms with Crippen LogP contribution in [0.1, 0.15) is 59.4 Å². The number of carbonyl (C=O) groups excluding carboxylic acids is 1. The Morgan fingerprint density at radius 2 is 2.04 bits per heavy atom. The van der Waals surface area contributed by atoms with Gasteiger partial charge >= 0.3 is 0 Å². The zero-order valence-electron chi connectivity index (χ0n) is 14.1. The van der Waals surface area contributed by atoms with Crippen molar-refractivity contribution in [3.63, 3.8) is 0 Å². The van der Waals surface area contributed by atoms with E-state index in [9.17, 15) is 4.79 Å². The molecule has 0 aliphatic rings. The topological polar surface area (TPSA) is 93.8 Å². The molecule has 8 heteroatoms. The molecule has 24 heavy (non-hydrogen) atoms. The summed E-state index contributed by atoms with van der Waals surface area (Å²) in [4.78, 5) is 16.9. The van der Waals surface area contributed by atoms with Crippen molar-refractivity contribution in [1.82, 2.24) is 20.3 Å². The highest BCUT2D eigenvalue weighted by atomic mass is 32.1. The largest absolute Gasteiger partial charge is 0.336 e. The minimum atomic E-state index is -0.260. The van der Waals surface area contributed by atoms with Crippen molar-refractivity contribution in [3.8, 4) is 0 Å². The predicted molar refractivity (Wildman–Crippen MR) is 92.5 cm³/mol. The number of aryl methyl sites for hydroxylation is 2. The minimum absolute atomic E-state index is 0.260. The molecule has 3 heterocycles. The quantitative estimate of drug-likeness (QED) is 0.755. The molecular formula is C16H19N5O2S. The second kappa shape index (κ2) is 6.64. The molecule has 1 amide bonds. The number of pyridine rings is 1. The molecule has 0 fully saturated rings. The lowest BCUT2D eigenvalue weighted by atomic mass is 10.1. The molecular weight excluding hydrogens is 326 g/mol. The van der Waals surface area contributed by atoms with E-state index < -0.39 is 0 Å². The summed E-state index contributed by atoms with van der Waals surface area (Å²) in [6.07, 6.45) is 2.01. The number of aromatic nitrogens is 4. The Labute approximate surface area is 143 Å². The van der Waals surface area contributed by atoms with Gasteiger partial charge in [0.2, 0.25) is 5.13 Å². The third kappa shape index (κ3) is 3.01. The number of carbonyl (C=O) groups is 1. The van der Waals surface area contributed by atoms with Crippen LogP contribution < -0.4 is 5.32 Å². The van der Waals surface area contributed by atoms with E-state index >= 15 is 0 Å². The highest BCUT2D eigenvalue weighted by Gasteiger charge is 2.20. The lowest BCUT2D eigenvalue weighted by Crippen LogP contribution is -2.13. The van der Waals surface area contributed by atoms with E-state index in [1.807, 2.05) is 6.92 Å². The molecule has 0 atom stereocenters. The highest BCUT2D eigenvalue weighted by molar-refractivity contribution is 7.15. The van der Waals surface area contributed by atoms with Gasteiger partial charge in [0.15, 0.2) is 0 Å².